The van der Waals surface area contributed by atoms with Crippen LogP contribution in [-0.4, -0.2) is 26.9 Å². The summed E-state index contributed by atoms with van der Waals surface area (Å²) in [7, 11) is 1.65. The van der Waals surface area contributed by atoms with Gasteiger partial charge in [0.2, 0.25) is 5.89 Å². The lowest BCUT2D eigenvalue weighted by molar-refractivity contribution is 0.412. The Kier molecular flexibility index (Phi) is 4.66. The highest BCUT2D eigenvalue weighted by Gasteiger charge is 2.13. The van der Waals surface area contributed by atoms with Crippen molar-refractivity contribution in [2.24, 2.45) is 0 Å². The molecule has 0 saturated carbocycles. The Morgan fingerprint density at radius 1 is 1.30 bits per heavy atom. The molecule has 0 atom stereocenters. The second kappa shape index (κ2) is 6.87. The monoisotopic (exact) mass is 330 g/mol. The first-order valence-corrected chi connectivity index (χ1v) is 8.28. The van der Waals surface area contributed by atoms with Crippen molar-refractivity contribution in [1.82, 2.24) is 19.7 Å². The first kappa shape index (κ1) is 15.6. The van der Waals surface area contributed by atoms with Gasteiger partial charge >= 0.3 is 0 Å². The summed E-state index contributed by atoms with van der Waals surface area (Å²) < 4.78 is 13.0. The largest absolute Gasteiger partial charge is 0.495 e. The minimum Gasteiger partial charge on any atom is -0.495 e. The molecule has 0 unspecified atom stereocenters. The Bertz CT molecular complexity index is 782. The molecule has 1 aromatic carbocycles. The van der Waals surface area contributed by atoms with Crippen molar-refractivity contribution in [2.75, 3.05) is 7.11 Å². The van der Waals surface area contributed by atoms with Crippen molar-refractivity contribution in [2.45, 2.75) is 30.7 Å². The fourth-order valence-electron chi connectivity index (χ4n) is 2.10. The third kappa shape index (κ3) is 3.39. The van der Waals surface area contributed by atoms with Crippen molar-refractivity contribution in [3.05, 3.63) is 48.4 Å². The molecule has 0 spiro atoms. The summed E-state index contributed by atoms with van der Waals surface area (Å²) in [4.78, 5) is 4.30. The number of benzene rings is 1. The lowest BCUT2D eigenvalue weighted by Crippen LogP contribution is -1.98. The number of hydrogen-bond acceptors (Lipinski definition) is 6. The average Bonchev–Trinajstić information content (AvgIpc) is 3.22. The van der Waals surface area contributed by atoms with Gasteiger partial charge in [0.15, 0.2) is 5.16 Å². The van der Waals surface area contributed by atoms with Crippen LogP contribution in [0.4, 0.5) is 0 Å². The molecular weight excluding hydrogens is 312 g/mol. The maximum atomic E-state index is 5.72. The molecule has 120 valence electrons. The van der Waals surface area contributed by atoms with Gasteiger partial charge in [-0.1, -0.05) is 37.7 Å². The van der Waals surface area contributed by atoms with E-state index in [9.17, 15) is 0 Å². The summed E-state index contributed by atoms with van der Waals surface area (Å²) in [5, 5.41) is 8.94. The summed E-state index contributed by atoms with van der Waals surface area (Å²) in [6.45, 7) is 4.16. The number of para-hydroxylation sites is 2. The average molecular weight is 330 g/mol. The van der Waals surface area contributed by atoms with Gasteiger partial charge < -0.3 is 9.15 Å². The van der Waals surface area contributed by atoms with E-state index in [-0.39, 0.29) is 0 Å². The molecule has 0 aliphatic rings. The van der Waals surface area contributed by atoms with Crippen LogP contribution in [0.1, 0.15) is 31.4 Å². The molecule has 0 amide bonds. The van der Waals surface area contributed by atoms with Gasteiger partial charge in [0.1, 0.15) is 17.8 Å². The van der Waals surface area contributed by atoms with E-state index in [1.54, 1.807) is 19.6 Å². The number of methoxy groups -OCH3 is 1. The van der Waals surface area contributed by atoms with E-state index in [0.717, 1.165) is 22.4 Å². The normalized spacial score (nSPS) is 11.1. The van der Waals surface area contributed by atoms with Crippen molar-refractivity contribution in [1.29, 1.82) is 0 Å². The predicted octanol–water partition coefficient (Wildman–Crippen LogP) is 3.68. The van der Waals surface area contributed by atoms with Gasteiger partial charge in [0.25, 0.3) is 0 Å². The number of thioether (sulfide) groups is 1. The molecule has 0 saturated heterocycles. The molecule has 0 radical (unpaired) electrons. The van der Waals surface area contributed by atoms with E-state index in [4.69, 9.17) is 9.15 Å². The lowest BCUT2D eigenvalue weighted by Gasteiger charge is -2.10. The zero-order valence-electron chi connectivity index (χ0n) is 13.3. The Labute approximate surface area is 138 Å². The van der Waals surface area contributed by atoms with Crippen LogP contribution in [-0.2, 0) is 5.75 Å². The first-order valence-electron chi connectivity index (χ1n) is 7.30. The van der Waals surface area contributed by atoms with Gasteiger partial charge in [-0.2, -0.15) is 0 Å². The number of aromatic nitrogens is 4. The summed E-state index contributed by atoms with van der Waals surface area (Å²) in [6.07, 6.45) is 3.46. The number of nitrogens with zero attached hydrogens (tertiary/aromatic N) is 4. The topological polar surface area (TPSA) is 66.0 Å². The van der Waals surface area contributed by atoms with Crippen LogP contribution in [0.2, 0.25) is 0 Å². The molecule has 0 N–H and O–H groups in total. The second-order valence-electron chi connectivity index (χ2n) is 5.26. The lowest BCUT2D eigenvalue weighted by atomic mass is 10.2. The molecule has 3 aromatic rings. The number of hydrogen-bond donors (Lipinski definition) is 0. The highest BCUT2D eigenvalue weighted by Crippen LogP contribution is 2.28. The van der Waals surface area contributed by atoms with E-state index in [1.807, 2.05) is 28.8 Å². The third-order valence-electron chi connectivity index (χ3n) is 3.33. The van der Waals surface area contributed by atoms with E-state index in [0.29, 0.717) is 17.6 Å². The van der Waals surface area contributed by atoms with Crippen LogP contribution in [0.15, 0.2) is 46.4 Å². The van der Waals surface area contributed by atoms with Crippen molar-refractivity contribution in [3.63, 3.8) is 0 Å². The standard InChI is InChI=1S/C16H18N4O2S/c1-11(2)14-8-17-15(22-14)9-23-16-19-18-10-20(16)12-6-4-5-7-13(12)21-3/h4-8,10-11H,9H2,1-3H3. The van der Waals surface area contributed by atoms with Crippen molar-refractivity contribution < 1.29 is 9.15 Å². The summed E-state index contributed by atoms with van der Waals surface area (Å²) in [5.74, 6) is 3.28. The molecule has 2 heterocycles. The highest BCUT2D eigenvalue weighted by atomic mass is 32.2. The molecule has 0 bridgehead atoms. The quantitative estimate of drug-likeness (QED) is 0.642. The summed E-state index contributed by atoms with van der Waals surface area (Å²) in [6, 6.07) is 7.76. The Balaban J connectivity index is 1.78. The predicted molar refractivity (Wildman–Crippen MR) is 88.1 cm³/mol. The van der Waals surface area contributed by atoms with Crippen LogP contribution in [0.3, 0.4) is 0 Å². The molecule has 3 rings (SSSR count). The van der Waals surface area contributed by atoms with E-state index >= 15 is 0 Å². The third-order valence-corrected chi connectivity index (χ3v) is 4.25. The van der Waals surface area contributed by atoms with Crippen LogP contribution in [0.25, 0.3) is 5.69 Å². The zero-order valence-corrected chi connectivity index (χ0v) is 14.1. The van der Waals surface area contributed by atoms with Gasteiger partial charge in [-0.15, -0.1) is 10.2 Å². The Hall–Kier alpha value is -2.28. The number of ether oxygens (including phenoxy) is 1. The summed E-state index contributed by atoms with van der Waals surface area (Å²) >= 11 is 1.52. The van der Waals surface area contributed by atoms with Gasteiger partial charge in [0, 0.05) is 5.92 Å². The maximum Gasteiger partial charge on any atom is 0.204 e. The van der Waals surface area contributed by atoms with Crippen molar-refractivity contribution >= 4 is 11.8 Å². The van der Waals surface area contributed by atoms with E-state index < -0.39 is 0 Å². The van der Waals surface area contributed by atoms with Crippen LogP contribution < -0.4 is 4.74 Å². The smallest absolute Gasteiger partial charge is 0.204 e. The molecule has 0 aliphatic heterocycles. The minimum absolute atomic E-state index is 0.332. The molecule has 2 aromatic heterocycles. The van der Waals surface area contributed by atoms with Gasteiger partial charge in [-0.05, 0) is 12.1 Å². The SMILES string of the molecule is COc1ccccc1-n1cnnc1SCc1ncc(C(C)C)o1. The molecule has 0 fully saturated rings. The highest BCUT2D eigenvalue weighted by molar-refractivity contribution is 7.98. The molecule has 0 aliphatic carbocycles. The van der Waals surface area contributed by atoms with Crippen molar-refractivity contribution in [3.8, 4) is 11.4 Å². The van der Waals surface area contributed by atoms with Crippen LogP contribution >= 0.6 is 11.8 Å². The van der Waals surface area contributed by atoms with Crippen LogP contribution in [0.5, 0.6) is 5.75 Å². The fraction of sp³-hybridized carbons (Fsp3) is 0.312. The fourth-order valence-corrected chi connectivity index (χ4v) is 2.88. The van der Waals surface area contributed by atoms with Gasteiger partial charge in [-0.3, -0.25) is 4.57 Å². The molecule has 7 heteroatoms. The molecule has 6 nitrogen and oxygen atoms in total. The Morgan fingerprint density at radius 3 is 2.87 bits per heavy atom. The first-order chi connectivity index (χ1) is 11.2. The molecular formula is C16H18N4O2S. The Morgan fingerprint density at radius 2 is 2.13 bits per heavy atom. The zero-order chi connectivity index (χ0) is 16.2. The van der Waals surface area contributed by atoms with Crippen LogP contribution in [0, 0.1) is 0 Å². The summed E-state index contributed by atoms with van der Waals surface area (Å²) in [5.41, 5.74) is 0.901. The van der Waals surface area contributed by atoms with Gasteiger partial charge in [0.05, 0.1) is 24.7 Å². The second-order valence-corrected chi connectivity index (χ2v) is 6.20. The van der Waals surface area contributed by atoms with E-state index in [1.165, 1.54) is 11.8 Å². The minimum atomic E-state index is 0.332. The van der Waals surface area contributed by atoms with E-state index in [2.05, 4.69) is 29.0 Å². The number of rotatable bonds is 6. The van der Waals surface area contributed by atoms with Gasteiger partial charge in [-0.25, -0.2) is 4.98 Å². The molecule has 23 heavy (non-hydrogen) atoms. The maximum absolute atomic E-state index is 5.72. The number of oxazole rings is 1.